The minimum absolute atomic E-state index is 0.150. The summed E-state index contributed by atoms with van der Waals surface area (Å²) < 4.78 is 3.71. The predicted molar refractivity (Wildman–Crippen MR) is 88.9 cm³/mol. The third-order valence-corrected chi connectivity index (χ3v) is 4.53. The Kier molecular flexibility index (Phi) is 4.07. The molecule has 7 heteroatoms. The standard InChI is InChI=1S/C14H10ClIN4O/c15-13-12(16)14(21)19(9-17-13)7-10-6-18-20(8-10)11-4-2-1-3-5-11/h1-6,8-9H,7H2. The second kappa shape index (κ2) is 5.98. The number of nitrogens with zero attached hydrogens (tertiary/aromatic N) is 4. The largest absolute Gasteiger partial charge is 0.294 e. The van der Waals surface area contributed by atoms with Crippen LogP contribution in [0.15, 0.2) is 53.8 Å². The zero-order valence-electron chi connectivity index (χ0n) is 10.8. The van der Waals surface area contributed by atoms with Crippen molar-refractivity contribution < 1.29 is 0 Å². The van der Waals surface area contributed by atoms with Gasteiger partial charge in [-0.25, -0.2) is 9.67 Å². The predicted octanol–water partition coefficient (Wildman–Crippen LogP) is 2.74. The molecule has 21 heavy (non-hydrogen) atoms. The Morgan fingerprint density at radius 1 is 1.24 bits per heavy atom. The van der Waals surface area contributed by atoms with Crippen LogP contribution in [0.3, 0.4) is 0 Å². The van der Waals surface area contributed by atoms with Crippen molar-refractivity contribution in [3.63, 3.8) is 0 Å². The lowest BCUT2D eigenvalue weighted by molar-refractivity contribution is 0.730. The Bertz CT molecular complexity index is 828. The minimum atomic E-state index is -0.150. The summed E-state index contributed by atoms with van der Waals surface area (Å²) in [6, 6.07) is 9.79. The molecule has 0 spiro atoms. The minimum Gasteiger partial charge on any atom is -0.294 e. The molecule has 0 N–H and O–H groups in total. The molecule has 0 bridgehead atoms. The highest BCUT2D eigenvalue weighted by Crippen LogP contribution is 2.11. The first-order chi connectivity index (χ1) is 10.1. The molecule has 3 aromatic rings. The number of benzene rings is 1. The molecular weight excluding hydrogens is 403 g/mol. The molecule has 3 rings (SSSR count). The molecule has 2 aromatic heterocycles. The van der Waals surface area contributed by atoms with E-state index in [1.54, 1.807) is 10.9 Å². The Hall–Kier alpha value is -1.67. The second-order valence-corrected chi connectivity index (χ2v) is 5.85. The molecule has 0 atom stereocenters. The maximum Gasteiger partial charge on any atom is 0.268 e. The van der Waals surface area contributed by atoms with Gasteiger partial charge < -0.3 is 0 Å². The van der Waals surface area contributed by atoms with E-state index in [2.05, 4.69) is 10.1 Å². The highest BCUT2D eigenvalue weighted by molar-refractivity contribution is 14.1. The Morgan fingerprint density at radius 3 is 2.76 bits per heavy atom. The second-order valence-electron chi connectivity index (χ2n) is 4.41. The summed E-state index contributed by atoms with van der Waals surface area (Å²) in [6.07, 6.45) is 5.08. The van der Waals surface area contributed by atoms with Gasteiger partial charge in [0, 0.05) is 11.8 Å². The van der Waals surface area contributed by atoms with Crippen molar-refractivity contribution in [1.82, 2.24) is 19.3 Å². The van der Waals surface area contributed by atoms with E-state index in [1.807, 2.05) is 59.1 Å². The van der Waals surface area contributed by atoms with Crippen molar-refractivity contribution in [3.8, 4) is 5.69 Å². The van der Waals surface area contributed by atoms with Crippen molar-refractivity contribution >= 4 is 34.2 Å². The van der Waals surface area contributed by atoms with Crippen LogP contribution in [0.1, 0.15) is 5.56 Å². The SMILES string of the molecule is O=c1c(I)c(Cl)ncn1Cc1cnn(-c2ccccc2)c1. The summed E-state index contributed by atoms with van der Waals surface area (Å²) in [5.74, 6) is 0. The zero-order chi connectivity index (χ0) is 14.8. The van der Waals surface area contributed by atoms with Crippen molar-refractivity contribution in [2.45, 2.75) is 6.54 Å². The molecule has 0 aliphatic rings. The van der Waals surface area contributed by atoms with Crippen LogP contribution in [-0.2, 0) is 6.54 Å². The van der Waals surface area contributed by atoms with Gasteiger partial charge in [-0.15, -0.1) is 0 Å². The highest BCUT2D eigenvalue weighted by Gasteiger charge is 2.08. The van der Waals surface area contributed by atoms with Crippen LogP contribution in [0.2, 0.25) is 5.15 Å². The average Bonchev–Trinajstić information content (AvgIpc) is 2.97. The molecule has 1 aromatic carbocycles. The third-order valence-electron chi connectivity index (χ3n) is 2.95. The van der Waals surface area contributed by atoms with E-state index in [1.165, 1.54) is 10.9 Å². The quantitative estimate of drug-likeness (QED) is 0.491. The molecule has 0 aliphatic carbocycles. The molecule has 0 radical (unpaired) electrons. The lowest BCUT2D eigenvalue weighted by Gasteiger charge is -2.04. The van der Waals surface area contributed by atoms with E-state index >= 15 is 0 Å². The molecule has 0 aliphatic heterocycles. The maximum atomic E-state index is 12.1. The van der Waals surface area contributed by atoms with Gasteiger partial charge in [0.1, 0.15) is 8.72 Å². The van der Waals surface area contributed by atoms with Crippen LogP contribution < -0.4 is 5.56 Å². The lowest BCUT2D eigenvalue weighted by atomic mass is 10.3. The fourth-order valence-corrected chi connectivity index (χ4v) is 2.49. The van der Waals surface area contributed by atoms with Gasteiger partial charge in [-0.05, 0) is 34.7 Å². The van der Waals surface area contributed by atoms with Crippen LogP contribution in [0.25, 0.3) is 5.69 Å². The van der Waals surface area contributed by atoms with E-state index in [4.69, 9.17) is 11.6 Å². The summed E-state index contributed by atoms with van der Waals surface area (Å²) >= 11 is 7.73. The normalized spacial score (nSPS) is 10.8. The topological polar surface area (TPSA) is 52.7 Å². The number of rotatable bonds is 3. The van der Waals surface area contributed by atoms with Gasteiger partial charge in [0.05, 0.1) is 24.8 Å². The number of para-hydroxylation sites is 1. The van der Waals surface area contributed by atoms with E-state index < -0.39 is 0 Å². The first-order valence-corrected chi connectivity index (χ1v) is 7.60. The number of hydrogen-bond acceptors (Lipinski definition) is 3. The van der Waals surface area contributed by atoms with Gasteiger partial charge in [0.2, 0.25) is 0 Å². The Morgan fingerprint density at radius 2 is 2.00 bits per heavy atom. The van der Waals surface area contributed by atoms with E-state index in [-0.39, 0.29) is 10.7 Å². The lowest BCUT2D eigenvalue weighted by Crippen LogP contribution is -2.23. The summed E-state index contributed by atoms with van der Waals surface area (Å²) in [4.78, 5) is 16.1. The van der Waals surface area contributed by atoms with Gasteiger partial charge in [-0.3, -0.25) is 9.36 Å². The average molecular weight is 413 g/mol. The monoisotopic (exact) mass is 412 g/mol. The first kappa shape index (κ1) is 14.3. The van der Waals surface area contributed by atoms with Crippen LogP contribution >= 0.6 is 34.2 Å². The van der Waals surface area contributed by atoms with Crippen LogP contribution in [0, 0.1) is 3.57 Å². The van der Waals surface area contributed by atoms with Crippen LogP contribution in [0.5, 0.6) is 0 Å². The molecule has 5 nitrogen and oxygen atoms in total. The molecule has 0 saturated carbocycles. The molecule has 106 valence electrons. The molecule has 0 fully saturated rings. The van der Waals surface area contributed by atoms with E-state index in [9.17, 15) is 4.79 Å². The number of halogens is 2. The van der Waals surface area contributed by atoms with Gasteiger partial charge in [0.25, 0.3) is 5.56 Å². The molecule has 0 amide bonds. The number of aromatic nitrogens is 4. The van der Waals surface area contributed by atoms with Gasteiger partial charge in [0.15, 0.2) is 0 Å². The van der Waals surface area contributed by atoms with Gasteiger partial charge >= 0.3 is 0 Å². The molecular formula is C14H10ClIN4O. The van der Waals surface area contributed by atoms with Crippen molar-refractivity contribution in [3.05, 3.63) is 73.7 Å². The Labute approximate surface area is 139 Å². The van der Waals surface area contributed by atoms with E-state index in [0.717, 1.165) is 11.3 Å². The number of hydrogen-bond donors (Lipinski definition) is 0. The fraction of sp³-hybridized carbons (Fsp3) is 0.0714. The summed E-state index contributed by atoms with van der Waals surface area (Å²) in [5, 5.41) is 4.54. The first-order valence-electron chi connectivity index (χ1n) is 6.14. The highest BCUT2D eigenvalue weighted by atomic mass is 127. The smallest absolute Gasteiger partial charge is 0.268 e. The summed E-state index contributed by atoms with van der Waals surface area (Å²) in [5.41, 5.74) is 1.74. The molecule has 0 saturated heterocycles. The van der Waals surface area contributed by atoms with Gasteiger partial charge in [-0.2, -0.15) is 5.10 Å². The van der Waals surface area contributed by atoms with Crippen LogP contribution in [0.4, 0.5) is 0 Å². The van der Waals surface area contributed by atoms with Crippen LogP contribution in [-0.4, -0.2) is 19.3 Å². The zero-order valence-corrected chi connectivity index (χ0v) is 13.7. The van der Waals surface area contributed by atoms with Crippen molar-refractivity contribution in [1.29, 1.82) is 0 Å². The summed E-state index contributed by atoms with van der Waals surface area (Å²) in [7, 11) is 0. The third kappa shape index (κ3) is 3.01. The van der Waals surface area contributed by atoms with E-state index in [0.29, 0.717) is 10.1 Å². The maximum absolute atomic E-state index is 12.1. The van der Waals surface area contributed by atoms with Gasteiger partial charge in [-0.1, -0.05) is 29.8 Å². The molecule has 2 heterocycles. The van der Waals surface area contributed by atoms with Crippen molar-refractivity contribution in [2.24, 2.45) is 0 Å². The summed E-state index contributed by atoms with van der Waals surface area (Å²) in [6.45, 7) is 0.409. The fourth-order valence-electron chi connectivity index (χ4n) is 1.92. The Balaban J connectivity index is 1.89. The van der Waals surface area contributed by atoms with Crippen molar-refractivity contribution in [2.75, 3.05) is 0 Å². The molecule has 0 unspecified atom stereocenters.